The van der Waals surface area contributed by atoms with Crippen LogP contribution in [0.5, 0.6) is 0 Å². The Hall–Kier alpha value is -0.960. The number of rotatable bonds is 7. The number of ether oxygens (including phenoxy) is 2. The van der Waals surface area contributed by atoms with Crippen molar-refractivity contribution in [1.82, 2.24) is 0 Å². The van der Waals surface area contributed by atoms with Gasteiger partial charge in [0.2, 0.25) is 0 Å². The van der Waals surface area contributed by atoms with Crippen molar-refractivity contribution in [3.8, 4) is 24.7 Å². The molecular formula is C10H14O2. The third-order valence-corrected chi connectivity index (χ3v) is 1.20. The minimum atomic E-state index is 0.394. The molecular weight excluding hydrogens is 152 g/mol. The lowest BCUT2D eigenvalue weighted by atomic mass is 10.3. The maximum atomic E-state index is 5.06. The summed E-state index contributed by atoms with van der Waals surface area (Å²) in [6.45, 7) is 2.18. The lowest BCUT2D eigenvalue weighted by Crippen LogP contribution is -1.99. The van der Waals surface area contributed by atoms with Crippen molar-refractivity contribution < 1.29 is 9.47 Å². The maximum absolute atomic E-state index is 5.06. The van der Waals surface area contributed by atoms with Gasteiger partial charge in [-0.1, -0.05) is 11.8 Å². The predicted octanol–water partition coefficient (Wildman–Crippen LogP) is 1.07. The number of unbranched alkanes of at least 4 members (excludes halogenated alkanes) is 1. The van der Waals surface area contributed by atoms with E-state index in [4.69, 9.17) is 22.3 Å². The highest BCUT2D eigenvalue weighted by atomic mass is 16.5. The fraction of sp³-hybridized carbons (Fsp3) is 0.600. The SMILES string of the molecule is C#CCOCCCCOCC#C. The van der Waals surface area contributed by atoms with Crippen molar-refractivity contribution >= 4 is 0 Å². The second kappa shape index (κ2) is 10.0. The molecule has 0 saturated heterocycles. The molecule has 12 heavy (non-hydrogen) atoms. The largest absolute Gasteiger partial charge is 0.369 e. The van der Waals surface area contributed by atoms with Crippen LogP contribution in [0.3, 0.4) is 0 Å². The first-order valence-corrected chi connectivity index (χ1v) is 3.94. The number of hydrogen-bond acceptors (Lipinski definition) is 2. The minimum Gasteiger partial charge on any atom is -0.369 e. The molecule has 0 unspecified atom stereocenters. The molecule has 0 aliphatic carbocycles. The quantitative estimate of drug-likeness (QED) is 0.416. The monoisotopic (exact) mass is 166 g/mol. The molecule has 0 aliphatic heterocycles. The summed E-state index contributed by atoms with van der Waals surface area (Å²) < 4.78 is 10.1. The highest BCUT2D eigenvalue weighted by Crippen LogP contribution is 1.90. The minimum absolute atomic E-state index is 0.394. The van der Waals surface area contributed by atoms with Gasteiger partial charge < -0.3 is 9.47 Å². The standard InChI is InChI=1S/C10H14O2/c1-3-7-11-9-5-6-10-12-8-4-2/h1-2H,5-10H2. The zero-order valence-electron chi connectivity index (χ0n) is 7.21. The van der Waals surface area contributed by atoms with E-state index in [9.17, 15) is 0 Å². The first-order valence-electron chi connectivity index (χ1n) is 3.94. The summed E-state index contributed by atoms with van der Waals surface area (Å²) in [5.41, 5.74) is 0. The number of terminal acetylenes is 2. The Balaban J connectivity index is 2.84. The molecule has 0 aromatic carbocycles. The lowest BCUT2D eigenvalue weighted by molar-refractivity contribution is 0.132. The topological polar surface area (TPSA) is 18.5 Å². The Labute approximate surface area is 74.2 Å². The van der Waals surface area contributed by atoms with E-state index in [2.05, 4.69) is 11.8 Å². The summed E-state index contributed by atoms with van der Waals surface area (Å²) in [7, 11) is 0. The molecule has 0 aromatic heterocycles. The number of hydrogen-bond donors (Lipinski definition) is 0. The van der Waals surface area contributed by atoms with E-state index in [0.717, 1.165) is 12.8 Å². The van der Waals surface area contributed by atoms with Crippen LogP contribution < -0.4 is 0 Å². The van der Waals surface area contributed by atoms with Crippen LogP contribution >= 0.6 is 0 Å². The smallest absolute Gasteiger partial charge is 0.107 e. The molecule has 0 heterocycles. The van der Waals surface area contributed by atoms with Crippen molar-refractivity contribution in [2.45, 2.75) is 12.8 Å². The van der Waals surface area contributed by atoms with Gasteiger partial charge in [-0.25, -0.2) is 0 Å². The van der Waals surface area contributed by atoms with Gasteiger partial charge in [0.1, 0.15) is 13.2 Å². The average Bonchev–Trinajstić information content (AvgIpc) is 2.10. The van der Waals surface area contributed by atoms with Gasteiger partial charge in [0, 0.05) is 13.2 Å². The summed E-state index contributed by atoms with van der Waals surface area (Å²) >= 11 is 0. The van der Waals surface area contributed by atoms with E-state index in [1.165, 1.54) is 0 Å². The molecule has 0 N–H and O–H groups in total. The van der Waals surface area contributed by atoms with Crippen LogP contribution in [0.2, 0.25) is 0 Å². The average molecular weight is 166 g/mol. The fourth-order valence-electron chi connectivity index (χ4n) is 0.670. The Bertz CT molecular complexity index is 142. The molecule has 0 fully saturated rings. The van der Waals surface area contributed by atoms with Gasteiger partial charge >= 0.3 is 0 Å². The van der Waals surface area contributed by atoms with E-state index in [0.29, 0.717) is 26.4 Å². The third-order valence-electron chi connectivity index (χ3n) is 1.20. The van der Waals surface area contributed by atoms with Gasteiger partial charge in [-0.3, -0.25) is 0 Å². The summed E-state index contributed by atoms with van der Waals surface area (Å²) in [6, 6.07) is 0. The van der Waals surface area contributed by atoms with Crippen LogP contribution in [0.25, 0.3) is 0 Å². The second-order valence-corrected chi connectivity index (χ2v) is 2.22. The lowest BCUT2D eigenvalue weighted by Gasteiger charge is -2.00. The van der Waals surface area contributed by atoms with Gasteiger partial charge in [-0.2, -0.15) is 0 Å². The summed E-state index contributed by atoms with van der Waals surface area (Å²) in [4.78, 5) is 0. The molecule has 0 bridgehead atoms. The van der Waals surface area contributed by atoms with Gasteiger partial charge in [-0.05, 0) is 12.8 Å². The molecule has 0 saturated carbocycles. The zero-order chi connectivity index (χ0) is 9.07. The van der Waals surface area contributed by atoms with E-state index >= 15 is 0 Å². The summed E-state index contributed by atoms with van der Waals surface area (Å²) in [6.07, 6.45) is 11.9. The Kier molecular flexibility index (Phi) is 9.24. The Morgan fingerprint density at radius 1 is 0.833 bits per heavy atom. The molecule has 66 valence electrons. The van der Waals surface area contributed by atoms with Crippen LogP contribution in [0.4, 0.5) is 0 Å². The van der Waals surface area contributed by atoms with Crippen molar-refractivity contribution in [3.63, 3.8) is 0 Å². The van der Waals surface area contributed by atoms with Crippen molar-refractivity contribution in [3.05, 3.63) is 0 Å². The van der Waals surface area contributed by atoms with Crippen LogP contribution in [0, 0.1) is 24.7 Å². The van der Waals surface area contributed by atoms with E-state index in [1.54, 1.807) is 0 Å². The molecule has 2 heteroatoms. The summed E-state index contributed by atoms with van der Waals surface area (Å²) in [5.74, 6) is 4.80. The van der Waals surface area contributed by atoms with E-state index in [1.807, 2.05) is 0 Å². The molecule has 0 aliphatic rings. The van der Waals surface area contributed by atoms with Crippen molar-refractivity contribution in [1.29, 1.82) is 0 Å². The van der Waals surface area contributed by atoms with Crippen LogP contribution in [0.1, 0.15) is 12.8 Å². The second-order valence-electron chi connectivity index (χ2n) is 2.22. The highest BCUT2D eigenvalue weighted by molar-refractivity contribution is 4.83. The zero-order valence-corrected chi connectivity index (χ0v) is 7.21. The molecule has 0 spiro atoms. The molecule has 0 atom stereocenters. The Morgan fingerprint density at radius 2 is 1.25 bits per heavy atom. The van der Waals surface area contributed by atoms with E-state index < -0.39 is 0 Å². The van der Waals surface area contributed by atoms with Crippen LogP contribution in [-0.2, 0) is 9.47 Å². The van der Waals surface area contributed by atoms with Gasteiger partial charge in [0.25, 0.3) is 0 Å². The molecule has 0 aromatic rings. The Morgan fingerprint density at radius 3 is 1.58 bits per heavy atom. The molecule has 0 amide bonds. The predicted molar refractivity (Wildman–Crippen MR) is 48.5 cm³/mol. The van der Waals surface area contributed by atoms with Crippen LogP contribution in [0.15, 0.2) is 0 Å². The molecule has 0 rings (SSSR count). The maximum Gasteiger partial charge on any atom is 0.107 e. The highest BCUT2D eigenvalue weighted by Gasteiger charge is 1.88. The first kappa shape index (κ1) is 11.0. The van der Waals surface area contributed by atoms with Gasteiger partial charge in [-0.15, -0.1) is 12.8 Å². The van der Waals surface area contributed by atoms with Crippen molar-refractivity contribution in [2.75, 3.05) is 26.4 Å². The molecule has 0 radical (unpaired) electrons. The third kappa shape index (κ3) is 9.04. The first-order chi connectivity index (χ1) is 5.91. The summed E-state index contributed by atoms with van der Waals surface area (Å²) in [5, 5.41) is 0. The fourth-order valence-corrected chi connectivity index (χ4v) is 0.670. The van der Waals surface area contributed by atoms with Crippen LogP contribution in [-0.4, -0.2) is 26.4 Å². The van der Waals surface area contributed by atoms with E-state index in [-0.39, 0.29) is 0 Å². The van der Waals surface area contributed by atoms with Crippen molar-refractivity contribution in [2.24, 2.45) is 0 Å². The van der Waals surface area contributed by atoms with Gasteiger partial charge in [0.05, 0.1) is 0 Å². The normalized spacial score (nSPS) is 8.83. The van der Waals surface area contributed by atoms with Gasteiger partial charge in [0.15, 0.2) is 0 Å². The molecule has 2 nitrogen and oxygen atoms in total.